The molecule has 0 unspecified atom stereocenters. The summed E-state index contributed by atoms with van der Waals surface area (Å²) in [5.41, 5.74) is 5.83. The van der Waals surface area contributed by atoms with Crippen LogP contribution in [0.3, 0.4) is 0 Å². The third-order valence-electron chi connectivity index (χ3n) is 10.2. The zero-order valence-corrected chi connectivity index (χ0v) is 28.0. The summed E-state index contributed by atoms with van der Waals surface area (Å²) in [7, 11) is 2.21. The van der Waals surface area contributed by atoms with Crippen LogP contribution in [0.1, 0.15) is 33.6 Å². The van der Waals surface area contributed by atoms with Crippen LogP contribution in [0.2, 0.25) is 0 Å². The minimum atomic E-state index is 0.0773. The van der Waals surface area contributed by atoms with Gasteiger partial charge in [0, 0.05) is 87.6 Å². The number of fused-ring (bicyclic) bond motifs is 2. The molecule has 0 bridgehead atoms. The maximum atomic E-state index is 13.3. The van der Waals surface area contributed by atoms with Crippen molar-refractivity contribution in [1.29, 1.82) is 0 Å². The first kappa shape index (κ1) is 31.5. The van der Waals surface area contributed by atoms with E-state index >= 15 is 0 Å². The number of carbonyl (C=O) groups is 1. The Morgan fingerprint density at radius 2 is 1.45 bits per heavy atom. The van der Waals surface area contributed by atoms with Crippen LogP contribution >= 0.6 is 0 Å². The van der Waals surface area contributed by atoms with Crippen LogP contribution in [0.5, 0.6) is 23.0 Å². The number of piperazine rings is 2. The fraction of sp³-hybridized carbons (Fsp3) is 0.447. The molecule has 1 amide bonds. The lowest BCUT2D eigenvalue weighted by atomic mass is 10.1. The Hall–Kier alpha value is -4.05. The molecule has 4 aromatic rings. The van der Waals surface area contributed by atoms with Gasteiger partial charge in [0.25, 0.3) is 5.91 Å². The van der Waals surface area contributed by atoms with Gasteiger partial charge in [-0.05, 0) is 106 Å². The maximum absolute atomic E-state index is 13.3. The van der Waals surface area contributed by atoms with Gasteiger partial charge >= 0.3 is 0 Å². The van der Waals surface area contributed by atoms with Crippen molar-refractivity contribution < 1.29 is 19.0 Å². The van der Waals surface area contributed by atoms with Gasteiger partial charge in [-0.1, -0.05) is 6.07 Å². The predicted octanol–water partition coefficient (Wildman–Crippen LogP) is 5.42. The molecule has 3 aromatic carbocycles. The SMILES string of the molecule is Cc1c(C)n(CCCN2CCN(C)CC2)c2ccc(Oc3ccc(C(=O)N4CCN(CCc5ccc6c(c5)OCO6)CC4)cc3)cc12. The number of benzene rings is 3. The van der Waals surface area contributed by atoms with E-state index in [1.807, 2.05) is 35.2 Å². The van der Waals surface area contributed by atoms with Crippen molar-refractivity contribution in [3.8, 4) is 23.0 Å². The molecular weight excluding hydrogens is 590 g/mol. The number of aryl methyl sites for hydroxylation is 2. The average molecular weight is 638 g/mol. The lowest BCUT2D eigenvalue weighted by Crippen LogP contribution is -2.49. The normalized spacial score (nSPS) is 17.5. The van der Waals surface area contributed by atoms with Crippen LogP contribution in [-0.4, -0.2) is 109 Å². The number of aromatic nitrogens is 1. The Balaban J connectivity index is 0.903. The summed E-state index contributed by atoms with van der Waals surface area (Å²) in [5, 5.41) is 1.24. The molecule has 3 aliphatic heterocycles. The third-order valence-corrected chi connectivity index (χ3v) is 10.2. The molecule has 9 nitrogen and oxygen atoms in total. The monoisotopic (exact) mass is 637 g/mol. The molecule has 0 spiro atoms. The second kappa shape index (κ2) is 14.0. The summed E-state index contributed by atoms with van der Waals surface area (Å²) in [5.74, 6) is 3.27. The van der Waals surface area contributed by atoms with Gasteiger partial charge < -0.3 is 33.5 Å². The summed E-state index contributed by atoms with van der Waals surface area (Å²) in [4.78, 5) is 22.7. The molecule has 0 N–H and O–H groups in total. The minimum Gasteiger partial charge on any atom is -0.457 e. The lowest BCUT2D eigenvalue weighted by molar-refractivity contribution is 0.0638. The summed E-state index contributed by atoms with van der Waals surface area (Å²) < 4.78 is 19.7. The molecule has 2 saturated heterocycles. The molecular formula is C38H47N5O4. The lowest BCUT2D eigenvalue weighted by Gasteiger charge is -2.34. The van der Waals surface area contributed by atoms with E-state index in [2.05, 4.69) is 70.5 Å². The van der Waals surface area contributed by atoms with Gasteiger partial charge in [-0.2, -0.15) is 0 Å². The van der Waals surface area contributed by atoms with Crippen molar-refractivity contribution in [1.82, 2.24) is 24.2 Å². The van der Waals surface area contributed by atoms with E-state index in [1.165, 1.54) is 40.8 Å². The fourth-order valence-electron chi connectivity index (χ4n) is 7.05. The molecule has 0 saturated carbocycles. The Labute approximate surface area is 278 Å². The van der Waals surface area contributed by atoms with Gasteiger partial charge in [0.15, 0.2) is 11.5 Å². The molecule has 248 valence electrons. The second-order valence-electron chi connectivity index (χ2n) is 13.2. The molecule has 7 rings (SSSR count). The zero-order valence-electron chi connectivity index (χ0n) is 28.0. The van der Waals surface area contributed by atoms with E-state index in [0.29, 0.717) is 12.4 Å². The number of nitrogens with zero attached hydrogens (tertiary/aromatic N) is 5. The van der Waals surface area contributed by atoms with Gasteiger partial charge in [0.2, 0.25) is 6.79 Å². The van der Waals surface area contributed by atoms with Gasteiger partial charge in [-0.3, -0.25) is 9.69 Å². The molecule has 4 heterocycles. The molecule has 0 radical (unpaired) electrons. The van der Waals surface area contributed by atoms with Gasteiger partial charge in [-0.15, -0.1) is 0 Å². The number of carbonyl (C=O) groups excluding carboxylic acids is 1. The first-order valence-corrected chi connectivity index (χ1v) is 17.1. The highest BCUT2D eigenvalue weighted by Gasteiger charge is 2.23. The topological polar surface area (TPSA) is 62.7 Å². The minimum absolute atomic E-state index is 0.0773. The second-order valence-corrected chi connectivity index (χ2v) is 13.2. The van der Waals surface area contributed by atoms with Crippen LogP contribution in [-0.2, 0) is 13.0 Å². The number of likely N-dealkylation sites (N-methyl/N-ethyl adjacent to an activating group) is 1. The van der Waals surface area contributed by atoms with E-state index in [-0.39, 0.29) is 5.91 Å². The quantitative estimate of drug-likeness (QED) is 0.230. The molecule has 2 fully saturated rings. The number of hydrogen-bond donors (Lipinski definition) is 0. The molecule has 3 aliphatic rings. The Morgan fingerprint density at radius 3 is 2.23 bits per heavy atom. The number of amides is 1. The highest BCUT2D eigenvalue weighted by molar-refractivity contribution is 5.94. The molecule has 1 aromatic heterocycles. The van der Waals surface area contributed by atoms with Gasteiger partial charge in [0.1, 0.15) is 11.5 Å². The Morgan fingerprint density at radius 1 is 0.745 bits per heavy atom. The van der Waals surface area contributed by atoms with Crippen molar-refractivity contribution in [3.63, 3.8) is 0 Å². The highest BCUT2D eigenvalue weighted by atomic mass is 16.7. The van der Waals surface area contributed by atoms with E-state index in [1.54, 1.807) is 0 Å². The number of hydrogen-bond acceptors (Lipinski definition) is 7. The average Bonchev–Trinajstić information content (AvgIpc) is 3.66. The van der Waals surface area contributed by atoms with Crippen molar-refractivity contribution in [2.45, 2.75) is 33.2 Å². The van der Waals surface area contributed by atoms with E-state index in [4.69, 9.17) is 14.2 Å². The van der Waals surface area contributed by atoms with Gasteiger partial charge in [-0.25, -0.2) is 0 Å². The van der Waals surface area contributed by atoms with Crippen LogP contribution in [0.15, 0.2) is 60.7 Å². The zero-order chi connectivity index (χ0) is 32.3. The number of ether oxygens (including phenoxy) is 3. The summed E-state index contributed by atoms with van der Waals surface area (Å²) in [6.45, 7) is 15.7. The Bertz CT molecular complexity index is 1700. The number of rotatable bonds is 10. The van der Waals surface area contributed by atoms with Crippen LogP contribution in [0, 0.1) is 13.8 Å². The first-order chi connectivity index (χ1) is 22.9. The van der Waals surface area contributed by atoms with Crippen molar-refractivity contribution in [3.05, 3.63) is 83.0 Å². The summed E-state index contributed by atoms with van der Waals surface area (Å²) in [6, 6.07) is 20.1. The van der Waals surface area contributed by atoms with E-state index in [0.717, 1.165) is 94.7 Å². The van der Waals surface area contributed by atoms with Gasteiger partial charge in [0.05, 0.1) is 0 Å². The van der Waals surface area contributed by atoms with Crippen molar-refractivity contribution in [2.24, 2.45) is 0 Å². The first-order valence-electron chi connectivity index (χ1n) is 17.1. The standard InChI is InChI=1S/C38H47N5O4/c1-28-29(2)43(15-4-14-40-19-17-39(3)18-20-40)35-11-10-33(26-34(28)35)47-32-8-6-31(7-9-32)38(44)42-23-21-41(22-24-42)16-13-30-5-12-36-37(25-30)46-27-45-36/h5-12,25-26H,4,13-24,27H2,1-3H3. The van der Waals surface area contributed by atoms with E-state index in [9.17, 15) is 4.79 Å². The predicted molar refractivity (Wildman–Crippen MR) is 185 cm³/mol. The Kier molecular flexibility index (Phi) is 9.38. The highest BCUT2D eigenvalue weighted by Crippen LogP contribution is 2.33. The summed E-state index contributed by atoms with van der Waals surface area (Å²) >= 11 is 0. The smallest absolute Gasteiger partial charge is 0.253 e. The van der Waals surface area contributed by atoms with E-state index < -0.39 is 0 Å². The molecule has 0 atom stereocenters. The van der Waals surface area contributed by atoms with Crippen molar-refractivity contribution >= 4 is 16.8 Å². The molecule has 9 heteroatoms. The van der Waals surface area contributed by atoms with Crippen LogP contribution < -0.4 is 14.2 Å². The largest absolute Gasteiger partial charge is 0.457 e. The van der Waals surface area contributed by atoms with Crippen molar-refractivity contribution in [2.75, 3.05) is 79.3 Å². The maximum Gasteiger partial charge on any atom is 0.253 e. The molecule has 0 aliphatic carbocycles. The van der Waals surface area contributed by atoms with Crippen LogP contribution in [0.25, 0.3) is 10.9 Å². The molecule has 47 heavy (non-hydrogen) atoms. The fourth-order valence-corrected chi connectivity index (χ4v) is 7.05. The third kappa shape index (κ3) is 7.12. The van der Waals surface area contributed by atoms with Crippen LogP contribution in [0.4, 0.5) is 0 Å². The summed E-state index contributed by atoms with van der Waals surface area (Å²) in [6.07, 6.45) is 2.09.